The van der Waals surface area contributed by atoms with E-state index in [1.54, 1.807) is 0 Å². The third-order valence-corrected chi connectivity index (χ3v) is 11.7. The Kier molecular flexibility index (Phi) is 7.60. The Morgan fingerprint density at radius 2 is 0.571 bits per heavy atom. The summed E-state index contributed by atoms with van der Waals surface area (Å²) in [4.78, 5) is 0. The Morgan fingerprint density at radius 3 is 1.20 bits per heavy atom. The average molecular weight is 709 g/mol. The van der Waals surface area contributed by atoms with Crippen LogP contribution in [-0.4, -0.2) is 0 Å². The molecule has 0 nitrogen and oxygen atoms in total. The molecule has 0 aliphatic heterocycles. The van der Waals surface area contributed by atoms with Gasteiger partial charge < -0.3 is 0 Å². The monoisotopic (exact) mass is 708 g/mol. The quantitative estimate of drug-likeness (QED) is 0.156. The topological polar surface area (TPSA) is 0 Å². The highest BCUT2D eigenvalue weighted by Crippen LogP contribution is 2.47. The molecule has 260 valence electrons. The lowest BCUT2D eigenvalue weighted by Crippen LogP contribution is -1.93. The molecule has 0 spiro atoms. The minimum atomic E-state index is 1.20. The van der Waals surface area contributed by atoms with Crippen LogP contribution in [0.4, 0.5) is 0 Å². The maximum atomic E-state index is 2.44. The minimum Gasteiger partial charge on any atom is -0.0616 e. The Labute approximate surface area is 326 Å². The van der Waals surface area contributed by atoms with Crippen LogP contribution in [-0.2, 0) is 0 Å². The van der Waals surface area contributed by atoms with Gasteiger partial charge in [-0.05, 0) is 122 Å². The second kappa shape index (κ2) is 13.2. The predicted molar refractivity (Wildman–Crippen MR) is 241 cm³/mol. The highest BCUT2D eigenvalue weighted by atomic mass is 14.2. The molecule has 0 unspecified atom stereocenters. The van der Waals surface area contributed by atoms with Crippen molar-refractivity contribution in [2.45, 2.75) is 0 Å². The van der Waals surface area contributed by atoms with E-state index in [0.717, 1.165) is 0 Å². The van der Waals surface area contributed by atoms with E-state index in [1.165, 1.54) is 109 Å². The number of fused-ring (bicyclic) bond motifs is 5. The molecule has 0 aromatic heterocycles. The normalized spacial score (nSPS) is 11.6. The van der Waals surface area contributed by atoms with E-state index < -0.39 is 0 Å². The first-order valence-corrected chi connectivity index (χ1v) is 19.4. The van der Waals surface area contributed by atoms with Crippen LogP contribution < -0.4 is 0 Å². The highest BCUT2D eigenvalue weighted by Gasteiger charge is 2.19. The fraction of sp³-hybridized carbons (Fsp3) is 0. The van der Waals surface area contributed by atoms with E-state index in [9.17, 15) is 0 Å². The summed E-state index contributed by atoms with van der Waals surface area (Å²) in [5.41, 5.74) is 12.4. The molecule has 11 aromatic rings. The SMILES string of the molecule is c1cc(-c2ccc3c(-c4cccc5ccccc45)c4ccccc4c(-c4ccc(-c5cccc6ccccc56)cc4)c3c2)cc(-c2cccc3ccccc23)c1. The number of benzene rings is 11. The summed E-state index contributed by atoms with van der Waals surface area (Å²) in [6, 6.07) is 80.4. The van der Waals surface area contributed by atoms with Crippen LogP contribution >= 0.6 is 0 Å². The van der Waals surface area contributed by atoms with E-state index in [0.29, 0.717) is 0 Å². The van der Waals surface area contributed by atoms with Gasteiger partial charge in [0.2, 0.25) is 0 Å². The third-order valence-electron chi connectivity index (χ3n) is 11.7. The van der Waals surface area contributed by atoms with Crippen LogP contribution in [0.15, 0.2) is 218 Å². The maximum Gasteiger partial charge on any atom is -0.00201 e. The molecule has 11 aromatic carbocycles. The fourth-order valence-electron chi connectivity index (χ4n) is 9.04. The maximum absolute atomic E-state index is 2.44. The van der Waals surface area contributed by atoms with Gasteiger partial charge in [0.1, 0.15) is 0 Å². The molecule has 0 saturated heterocycles. The molecule has 0 fully saturated rings. The molecular weight excluding hydrogens is 673 g/mol. The molecule has 0 aliphatic carbocycles. The standard InChI is InChI=1S/C56H36/c1-4-21-45-37(13-1)16-10-26-47(45)40-29-31-41(32-30-40)55-51-24-7-8-25-52(51)56(50-28-12-18-39-15-3-6-23-48(39)50)53-34-33-43(36-54(53)55)42-19-9-20-44(35-42)49-27-11-17-38-14-2-5-22-46(38)49/h1-36H. The van der Waals surface area contributed by atoms with E-state index in [1.807, 2.05) is 0 Å². The van der Waals surface area contributed by atoms with Crippen molar-refractivity contribution in [3.05, 3.63) is 218 Å². The first-order valence-electron chi connectivity index (χ1n) is 19.4. The summed E-state index contributed by atoms with van der Waals surface area (Å²) in [6.45, 7) is 0. The Hall–Kier alpha value is -7.28. The largest absolute Gasteiger partial charge is 0.0616 e. The van der Waals surface area contributed by atoms with Gasteiger partial charge in [-0.2, -0.15) is 0 Å². The lowest BCUT2D eigenvalue weighted by atomic mass is 9.83. The molecule has 0 saturated carbocycles. The van der Waals surface area contributed by atoms with Gasteiger partial charge in [0.25, 0.3) is 0 Å². The van der Waals surface area contributed by atoms with E-state index in [4.69, 9.17) is 0 Å². The van der Waals surface area contributed by atoms with Crippen molar-refractivity contribution in [1.82, 2.24) is 0 Å². The first kappa shape index (κ1) is 32.2. The van der Waals surface area contributed by atoms with Crippen molar-refractivity contribution >= 4 is 53.9 Å². The van der Waals surface area contributed by atoms with E-state index in [2.05, 4.69) is 218 Å². The molecule has 0 aliphatic rings. The number of hydrogen-bond donors (Lipinski definition) is 0. The molecule has 0 N–H and O–H groups in total. The second-order valence-corrected chi connectivity index (χ2v) is 14.8. The minimum absolute atomic E-state index is 1.20. The Balaban J connectivity index is 1.16. The van der Waals surface area contributed by atoms with Crippen LogP contribution in [0, 0.1) is 0 Å². The molecule has 0 amide bonds. The second-order valence-electron chi connectivity index (χ2n) is 14.8. The molecule has 11 rings (SSSR count). The summed E-state index contributed by atoms with van der Waals surface area (Å²) < 4.78 is 0. The van der Waals surface area contributed by atoms with Crippen molar-refractivity contribution in [1.29, 1.82) is 0 Å². The van der Waals surface area contributed by atoms with Crippen molar-refractivity contribution < 1.29 is 0 Å². The van der Waals surface area contributed by atoms with Gasteiger partial charge in [0, 0.05) is 0 Å². The van der Waals surface area contributed by atoms with E-state index in [-0.39, 0.29) is 0 Å². The summed E-state index contributed by atoms with van der Waals surface area (Å²) in [5, 5.41) is 12.6. The van der Waals surface area contributed by atoms with Crippen LogP contribution in [0.2, 0.25) is 0 Å². The Bertz CT molecular complexity index is 3280. The molecule has 0 heteroatoms. The van der Waals surface area contributed by atoms with Gasteiger partial charge in [0.05, 0.1) is 0 Å². The summed E-state index contributed by atoms with van der Waals surface area (Å²) in [5.74, 6) is 0. The zero-order chi connectivity index (χ0) is 37.0. The zero-order valence-corrected chi connectivity index (χ0v) is 30.8. The van der Waals surface area contributed by atoms with Crippen LogP contribution in [0.3, 0.4) is 0 Å². The van der Waals surface area contributed by atoms with Gasteiger partial charge in [0.15, 0.2) is 0 Å². The van der Waals surface area contributed by atoms with Gasteiger partial charge in [-0.25, -0.2) is 0 Å². The molecule has 0 heterocycles. The smallest absolute Gasteiger partial charge is 0.00201 e. The van der Waals surface area contributed by atoms with Crippen molar-refractivity contribution in [3.8, 4) is 55.6 Å². The van der Waals surface area contributed by atoms with Gasteiger partial charge >= 0.3 is 0 Å². The van der Waals surface area contributed by atoms with Crippen LogP contribution in [0.5, 0.6) is 0 Å². The average Bonchev–Trinajstić information content (AvgIpc) is 3.27. The van der Waals surface area contributed by atoms with Crippen LogP contribution in [0.1, 0.15) is 0 Å². The van der Waals surface area contributed by atoms with Gasteiger partial charge in [-0.3, -0.25) is 0 Å². The lowest BCUT2D eigenvalue weighted by Gasteiger charge is -2.20. The summed E-state index contributed by atoms with van der Waals surface area (Å²) >= 11 is 0. The number of hydrogen-bond acceptors (Lipinski definition) is 0. The summed E-state index contributed by atoms with van der Waals surface area (Å²) in [6.07, 6.45) is 0. The van der Waals surface area contributed by atoms with Crippen LogP contribution in [0.25, 0.3) is 109 Å². The Morgan fingerprint density at radius 1 is 0.179 bits per heavy atom. The first-order chi connectivity index (χ1) is 27.8. The van der Waals surface area contributed by atoms with Gasteiger partial charge in [-0.15, -0.1) is 0 Å². The lowest BCUT2D eigenvalue weighted by molar-refractivity contribution is 1.61. The third kappa shape index (κ3) is 5.30. The number of rotatable bonds is 5. The molecule has 0 bridgehead atoms. The molecular formula is C56H36. The van der Waals surface area contributed by atoms with E-state index >= 15 is 0 Å². The predicted octanol–water partition coefficient (Wildman–Crippen LogP) is 15.8. The van der Waals surface area contributed by atoms with Crippen molar-refractivity contribution in [3.63, 3.8) is 0 Å². The molecule has 0 radical (unpaired) electrons. The van der Waals surface area contributed by atoms with Gasteiger partial charge in [-0.1, -0.05) is 206 Å². The molecule has 56 heavy (non-hydrogen) atoms. The van der Waals surface area contributed by atoms with Crippen molar-refractivity contribution in [2.75, 3.05) is 0 Å². The van der Waals surface area contributed by atoms with Crippen molar-refractivity contribution in [2.24, 2.45) is 0 Å². The summed E-state index contributed by atoms with van der Waals surface area (Å²) in [7, 11) is 0. The zero-order valence-electron chi connectivity index (χ0n) is 30.8. The molecule has 0 atom stereocenters. The fourth-order valence-corrected chi connectivity index (χ4v) is 9.04. The highest BCUT2D eigenvalue weighted by molar-refractivity contribution is 6.24.